The third-order valence-corrected chi connectivity index (χ3v) is 4.14. The summed E-state index contributed by atoms with van der Waals surface area (Å²) in [6, 6.07) is 13.8. The molecule has 1 heterocycles. The molecule has 3 aromatic rings. The molecular weight excluding hydrogens is 346 g/mol. The number of nitrogens with zero attached hydrogens (tertiary/aromatic N) is 1. The lowest BCUT2D eigenvalue weighted by molar-refractivity contribution is -0.116. The number of nitrogens with one attached hydrogen (secondary N) is 2. The Bertz CT molecular complexity index is 992. The summed E-state index contributed by atoms with van der Waals surface area (Å²) < 4.78 is 4.63. The van der Waals surface area contributed by atoms with Gasteiger partial charge >= 0.3 is 5.97 Å². The number of anilines is 1. The number of hydrogen-bond donors (Lipinski definition) is 2. The summed E-state index contributed by atoms with van der Waals surface area (Å²) in [7, 11) is 2.88. The number of aromatic amines is 1. The Morgan fingerprint density at radius 1 is 1.07 bits per heavy atom. The lowest BCUT2D eigenvalue weighted by Crippen LogP contribution is -2.34. The topological polar surface area (TPSA) is 91.5 Å². The molecule has 7 nitrogen and oxygen atoms in total. The summed E-state index contributed by atoms with van der Waals surface area (Å²) in [5, 5.41) is 3.51. The number of amides is 2. The number of likely N-dealkylation sites (N-methyl/N-ethyl adjacent to an activating group) is 1. The van der Waals surface area contributed by atoms with Gasteiger partial charge in [0.2, 0.25) is 5.91 Å². The Morgan fingerprint density at radius 3 is 2.48 bits per heavy atom. The van der Waals surface area contributed by atoms with E-state index in [0.29, 0.717) is 16.8 Å². The molecule has 27 heavy (non-hydrogen) atoms. The first-order valence-corrected chi connectivity index (χ1v) is 8.29. The molecule has 1 aromatic heterocycles. The SMILES string of the molecule is COC(=O)c1ccc(NC(=O)CN(C)C(=O)c2c[nH]c3ccccc23)cc1. The van der Waals surface area contributed by atoms with Gasteiger partial charge in [-0.1, -0.05) is 18.2 Å². The molecule has 0 atom stereocenters. The first kappa shape index (κ1) is 18.2. The summed E-state index contributed by atoms with van der Waals surface area (Å²) >= 11 is 0. The van der Waals surface area contributed by atoms with Gasteiger partial charge in [-0.05, 0) is 30.3 Å². The molecule has 2 amide bonds. The van der Waals surface area contributed by atoms with Crippen molar-refractivity contribution < 1.29 is 19.1 Å². The number of ether oxygens (including phenoxy) is 1. The Labute approximate surface area is 155 Å². The Kier molecular flexibility index (Phi) is 5.21. The third kappa shape index (κ3) is 3.98. The van der Waals surface area contributed by atoms with Crippen molar-refractivity contribution in [3.05, 3.63) is 65.9 Å². The second-order valence-corrected chi connectivity index (χ2v) is 6.03. The smallest absolute Gasteiger partial charge is 0.337 e. The minimum absolute atomic E-state index is 0.100. The van der Waals surface area contributed by atoms with E-state index in [-0.39, 0.29) is 18.4 Å². The predicted octanol–water partition coefficient (Wildman–Crippen LogP) is 2.67. The fourth-order valence-corrected chi connectivity index (χ4v) is 2.75. The Morgan fingerprint density at radius 2 is 1.78 bits per heavy atom. The molecule has 7 heteroatoms. The highest BCUT2D eigenvalue weighted by Crippen LogP contribution is 2.19. The van der Waals surface area contributed by atoms with E-state index in [2.05, 4.69) is 15.0 Å². The fraction of sp³-hybridized carbons (Fsp3) is 0.150. The predicted molar refractivity (Wildman–Crippen MR) is 102 cm³/mol. The third-order valence-electron chi connectivity index (χ3n) is 4.14. The molecule has 138 valence electrons. The van der Waals surface area contributed by atoms with Gasteiger partial charge in [-0.15, -0.1) is 0 Å². The molecular formula is C20H19N3O4. The van der Waals surface area contributed by atoms with Gasteiger partial charge in [0, 0.05) is 29.8 Å². The molecule has 0 aliphatic rings. The van der Waals surface area contributed by atoms with Gasteiger partial charge in [0.25, 0.3) is 5.91 Å². The number of fused-ring (bicyclic) bond motifs is 1. The lowest BCUT2D eigenvalue weighted by atomic mass is 10.1. The molecule has 0 unspecified atom stereocenters. The van der Waals surface area contributed by atoms with Crippen LogP contribution in [0.15, 0.2) is 54.7 Å². The summed E-state index contributed by atoms with van der Waals surface area (Å²) in [4.78, 5) is 40.7. The van der Waals surface area contributed by atoms with E-state index in [1.807, 2.05) is 24.3 Å². The van der Waals surface area contributed by atoms with Gasteiger partial charge in [0.05, 0.1) is 24.8 Å². The van der Waals surface area contributed by atoms with Crippen molar-refractivity contribution in [3.8, 4) is 0 Å². The average Bonchev–Trinajstić information content (AvgIpc) is 3.11. The van der Waals surface area contributed by atoms with Crippen LogP contribution >= 0.6 is 0 Å². The monoisotopic (exact) mass is 365 g/mol. The van der Waals surface area contributed by atoms with Crippen molar-refractivity contribution in [2.45, 2.75) is 0 Å². The quantitative estimate of drug-likeness (QED) is 0.680. The lowest BCUT2D eigenvalue weighted by Gasteiger charge is -2.16. The van der Waals surface area contributed by atoms with E-state index in [1.165, 1.54) is 12.0 Å². The van der Waals surface area contributed by atoms with Crippen LogP contribution in [0.2, 0.25) is 0 Å². The Balaban J connectivity index is 1.63. The maximum atomic E-state index is 12.6. The molecule has 0 saturated carbocycles. The highest BCUT2D eigenvalue weighted by molar-refractivity contribution is 6.08. The zero-order valence-corrected chi connectivity index (χ0v) is 15.0. The largest absolute Gasteiger partial charge is 0.465 e. The normalized spacial score (nSPS) is 10.4. The van der Waals surface area contributed by atoms with Crippen molar-refractivity contribution >= 4 is 34.4 Å². The number of rotatable bonds is 5. The number of para-hydroxylation sites is 1. The second-order valence-electron chi connectivity index (χ2n) is 6.03. The number of carbonyl (C=O) groups is 3. The second kappa shape index (κ2) is 7.74. The number of carbonyl (C=O) groups excluding carboxylic acids is 3. The van der Waals surface area contributed by atoms with Crippen LogP contribution < -0.4 is 5.32 Å². The number of benzene rings is 2. The summed E-state index contributed by atoms with van der Waals surface area (Å²) in [5.74, 6) is -1.03. The van der Waals surface area contributed by atoms with Gasteiger partial charge < -0.3 is 19.9 Å². The van der Waals surface area contributed by atoms with Crippen LogP contribution in [0.25, 0.3) is 10.9 Å². The van der Waals surface area contributed by atoms with Crippen LogP contribution in [-0.2, 0) is 9.53 Å². The van der Waals surface area contributed by atoms with Crippen LogP contribution in [-0.4, -0.2) is 48.4 Å². The number of H-pyrrole nitrogens is 1. The molecule has 2 N–H and O–H groups in total. The maximum Gasteiger partial charge on any atom is 0.337 e. The van der Waals surface area contributed by atoms with Gasteiger partial charge in [0.1, 0.15) is 0 Å². The van der Waals surface area contributed by atoms with E-state index in [1.54, 1.807) is 37.5 Å². The van der Waals surface area contributed by atoms with Gasteiger partial charge in [-0.25, -0.2) is 4.79 Å². The van der Waals surface area contributed by atoms with Crippen molar-refractivity contribution in [1.82, 2.24) is 9.88 Å². The summed E-state index contributed by atoms with van der Waals surface area (Å²) in [6.45, 7) is -0.100. The summed E-state index contributed by atoms with van der Waals surface area (Å²) in [5.41, 5.74) is 2.30. The van der Waals surface area contributed by atoms with E-state index in [4.69, 9.17) is 0 Å². The average molecular weight is 365 g/mol. The van der Waals surface area contributed by atoms with Crippen LogP contribution in [0.5, 0.6) is 0 Å². The molecule has 0 fully saturated rings. The highest BCUT2D eigenvalue weighted by atomic mass is 16.5. The molecule has 0 saturated heterocycles. The van der Waals surface area contributed by atoms with Crippen molar-refractivity contribution in [2.24, 2.45) is 0 Å². The van der Waals surface area contributed by atoms with E-state index < -0.39 is 5.97 Å². The van der Waals surface area contributed by atoms with Gasteiger partial charge in [-0.2, -0.15) is 0 Å². The first-order chi connectivity index (χ1) is 13.0. The van der Waals surface area contributed by atoms with Crippen molar-refractivity contribution in [2.75, 3.05) is 26.0 Å². The zero-order valence-electron chi connectivity index (χ0n) is 15.0. The van der Waals surface area contributed by atoms with Crippen LogP contribution in [0.4, 0.5) is 5.69 Å². The molecule has 3 rings (SSSR count). The van der Waals surface area contributed by atoms with Gasteiger partial charge in [-0.3, -0.25) is 9.59 Å². The van der Waals surface area contributed by atoms with Gasteiger partial charge in [0.15, 0.2) is 0 Å². The standard InChI is InChI=1S/C20H19N3O4/c1-23(19(25)16-11-21-17-6-4-3-5-15(16)17)12-18(24)22-14-9-7-13(8-10-14)20(26)27-2/h3-11,21H,12H2,1-2H3,(H,22,24). The highest BCUT2D eigenvalue weighted by Gasteiger charge is 2.18. The van der Waals surface area contributed by atoms with E-state index in [0.717, 1.165) is 10.9 Å². The number of esters is 1. The fourth-order valence-electron chi connectivity index (χ4n) is 2.75. The van der Waals surface area contributed by atoms with Crippen LogP contribution in [0.3, 0.4) is 0 Å². The first-order valence-electron chi connectivity index (χ1n) is 8.29. The number of aromatic nitrogens is 1. The van der Waals surface area contributed by atoms with Crippen molar-refractivity contribution in [1.29, 1.82) is 0 Å². The molecule has 0 aliphatic heterocycles. The molecule has 0 aliphatic carbocycles. The Hall–Kier alpha value is -3.61. The molecule has 2 aromatic carbocycles. The van der Waals surface area contributed by atoms with Crippen LogP contribution in [0, 0.1) is 0 Å². The zero-order chi connectivity index (χ0) is 19.4. The van der Waals surface area contributed by atoms with E-state index in [9.17, 15) is 14.4 Å². The minimum Gasteiger partial charge on any atom is -0.465 e. The molecule has 0 spiro atoms. The summed E-state index contributed by atoms with van der Waals surface area (Å²) in [6.07, 6.45) is 1.65. The molecule has 0 bridgehead atoms. The van der Waals surface area contributed by atoms with Crippen LogP contribution in [0.1, 0.15) is 20.7 Å². The number of methoxy groups -OCH3 is 1. The minimum atomic E-state index is -0.447. The van der Waals surface area contributed by atoms with E-state index >= 15 is 0 Å². The maximum absolute atomic E-state index is 12.6. The number of hydrogen-bond acceptors (Lipinski definition) is 4. The van der Waals surface area contributed by atoms with Crippen molar-refractivity contribution in [3.63, 3.8) is 0 Å². The molecule has 0 radical (unpaired) electrons.